The van der Waals surface area contributed by atoms with E-state index in [1.54, 1.807) is 0 Å². The van der Waals surface area contributed by atoms with Crippen molar-refractivity contribution in [2.24, 2.45) is 0 Å². The van der Waals surface area contributed by atoms with Crippen LogP contribution in [-0.4, -0.2) is 4.57 Å². The highest BCUT2D eigenvalue weighted by molar-refractivity contribution is 5.36. The number of nitrogens with one attached hydrogen (secondary N) is 1. The third-order valence-corrected chi connectivity index (χ3v) is 3.95. The molecule has 1 aromatic rings. The van der Waals surface area contributed by atoms with Crippen molar-refractivity contribution in [3.8, 4) is 0 Å². The maximum absolute atomic E-state index is 8.27. The van der Waals surface area contributed by atoms with Crippen LogP contribution in [0, 0.1) is 5.41 Å². The van der Waals surface area contributed by atoms with Gasteiger partial charge in [-0.1, -0.05) is 0 Å². The Kier molecular flexibility index (Phi) is 3.24. The van der Waals surface area contributed by atoms with E-state index in [9.17, 15) is 0 Å². The largest absolute Gasteiger partial charge is 1.00 e. The monoisotopic (exact) mass is 281 g/mol. The van der Waals surface area contributed by atoms with E-state index in [1.165, 1.54) is 48.2 Å². The van der Waals surface area contributed by atoms with Gasteiger partial charge < -0.3 is 27.0 Å². The molecule has 3 heteroatoms. The second-order valence-corrected chi connectivity index (χ2v) is 4.68. The first-order chi connectivity index (χ1) is 7.33. The molecule has 1 N–H and O–H groups in total. The summed E-state index contributed by atoms with van der Waals surface area (Å²) >= 11 is 0. The van der Waals surface area contributed by atoms with Crippen molar-refractivity contribution in [3.05, 3.63) is 27.9 Å². The predicted octanol–water partition coefficient (Wildman–Crippen LogP) is -1.03. The van der Waals surface area contributed by atoms with Crippen molar-refractivity contribution in [2.45, 2.75) is 52.0 Å². The van der Waals surface area contributed by atoms with Crippen LogP contribution in [0.5, 0.6) is 0 Å². The Morgan fingerprint density at radius 1 is 1.00 bits per heavy atom. The fraction of sp³-hybridized carbons (Fsp3) is 0.615. The number of nitrogens with zero attached hydrogens (tertiary/aromatic N) is 1. The molecule has 0 saturated carbocycles. The molecular weight excluding hydrogens is 264 g/mol. The second-order valence-electron chi connectivity index (χ2n) is 4.68. The fourth-order valence-corrected chi connectivity index (χ4v) is 3.32. The smallest absolute Gasteiger partial charge is 0.0638 e. The fourth-order valence-electron chi connectivity index (χ4n) is 3.32. The van der Waals surface area contributed by atoms with Crippen LogP contribution in [0.1, 0.15) is 42.3 Å². The molecule has 0 unspecified atom stereocenters. The summed E-state index contributed by atoms with van der Waals surface area (Å²) in [6, 6.07) is 0. The zero-order valence-corrected chi connectivity index (χ0v) is 11.4. The molecule has 3 rings (SSSR count). The third-order valence-electron chi connectivity index (χ3n) is 3.95. The van der Waals surface area contributed by atoms with Crippen LogP contribution < -0.4 is 22.3 Å². The van der Waals surface area contributed by atoms with Crippen LogP contribution in [-0.2, 0) is 32.2 Å². The Labute approximate surface area is 107 Å². The van der Waals surface area contributed by atoms with Crippen LogP contribution in [0.25, 0.3) is 0 Å². The van der Waals surface area contributed by atoms with Gasteiger partial charge in [0.1, 0.15) is 0 Å². The average Bonchev–Trinajstić information content (AvgIpc) is 2.85. The Hall–Kier alpha value is -0.570. The molecule has 2 aliphatic rings. The summed E-state index contributed by atoms with van der Waals surface area (Å²) in [4.78, 5) is 0. The van der Waals surface area contributed by atoms with E-state index in [1.807, 2.05) is 0 Å². The van der Waals surface area contributed by atoms with Crippen LogP contribution in [0.15, 0.2) is 0 Å². The van der Waals surface area contributed by atoms with Gasteiger partial charge in [0, 0.05) is 17.9 Å². The van der Waals surface area contributed by atoms with Gasteiger partial charge in [-0.15, -0.1) is 0 Å². The van der Waals surface area contributed by atoms with E-state index in [-0.39, 0.29) is 17.0 Å². The van der Waals surface area contributed by atoms with Gasteiger partial charge in [0.2, 0.25) is 0 Å². The van der Waals surface area contributed by atoms with Gasteiger partial charge in [-0.3, -0.25) is 0 Å². The number of fused-ring (bicyclic) bond motifs is 2. The third kappa shape index (κ3) is 1.48. The molecule has 1 aromatic heterocycles. The number of pyridine rings is 1. The molecule has 0 atom stereocenters. The molecule has 0 aromatic carbocycles. The maximum Gasteiger partial charge on any atom is 0.0638 e. The van der Waals surface area contributed by atoms with Gasteiger partial charge >= 0.3 is 0 Å². The molecule has 0 fully saturated rings. The highest BCUT2D eigenvalue weighted by atomic mass is 79.9. The summed E-state index contributed by atoms with van der Waals surface area (Å²) in [7, 11) is 0. The normalized spacial score (nSPS) is 16.8. The highest BCUT2D eigenvalue weighted by Crippen LogP contribution is 2.26. The van der Waals surface area contributed by atoms with E-state index in [0.717, 1.165) is 24.7 Å². The predicted molar refractivity (Wildman–Crippen MR) is 60.0 cm³/mol. The summed E-state index contributed by atoms with van der Waals surface area (Å²) < 4.78 is 2.50. The van der Waals surface area contributed by atoms with Gasteiger partial charge in [0.25, 0.3) is 0 Å². The first-order valence-corrected chi connectivity index (χ1v) is 6.13. The Balaban J connectivity index is 0.000000963. The molecular formula is C13H18BrN2-. The molecule has 0 amide bonds. The zero-order valence-electron chi connectivity index (χ0n) is 9.77. The van der Waals surface area contributed by atoms with Crippen molar-refractivity contribution in [1.82, 2.24) is 4.57 Å². The number of hydrogen-bond acceptors (Lipinski definition) is 1. The quantitative estimate of drug-likeness (QED) is 0.682. The Bertz CT molecular complexity index is 436. The van der Waals surface area contributed by atoms with Gasteiger partial charge in [-0.25, -0.2) is 0 Å². The molecule has 0 saturated heterocycles. The summed E-state index contributed by atoms with van der Waals surface area (Å²) in [6.45, 7) is 3.33. The van der Waals surface area contributed by atoms with Crippen molar-refractivity contribution in [1.29, 1.82) is 5.41 Å². The minimum absolute atomic E-state index is 0. The first kappa shape index (κ1) is 11.9. The Morgan fingerprint density at radius 3 is 1.94 bits per heavy atom. The lowest BCUT2D eigenvalue weighted by Gasteiger charge is -2.17. The van der Waals surface area contributed by atoms with Crippen molar-refractivity contribution < 1.29 is 17.0 Å². The van der Waals surface area contributed by atoms with Crippen LogP contribution >= 0.6 is 0 Å². The van der Waals surface area contributed by atoms with Crippen LogP contribution in [0.3, 0.4) is 0 Å². The number of rotatable bonds is 1. The maximum atomic E-state index is 8.27. The van der Waals surface area contributed by atoms with Crippen molar-refractivity contribution in [3.63, 3.8) is 0 Å². The average molecular weight is 282 g/mol. The summed E-state index contributed by atoms with van der Waals surface area (Å²) in [6.07, 6.45) is 7.18. The highest BCUT2D eigenvalue weighted by Gasteiger charge is 2.24. The topological polar surface area (TPSA) is 28.8 Å². The van der Waals surface area contributed by atoms with Gasteiger partial charge in [0.15, 0.2) is 0 Å². The van der Waals surface area contributed by atoms with Crippen molar-refractivity contribution in [2.75, 3.05) is 0 Å². The minimum Gasteiger partial charge on any atom is -1.00 e. The summed E-state index contributed by atoms with van der Waals surface area (Å²) in [5.41, 5.74) is 5.67. The molecule has 0 spiro atoms. The lowest BCUT2D eigenvalue weighted by molar-refractivity contribution is -0.00000341. The van der Waals surface area contributed by atoms with E-state index >= 15 is 0 Å². The number of aromatic nitrogens is 1. The molecule has 2 aliphatic carbocycles. The lowest BCUT2D eigenvalue weighted by Crippen LogP contribution is -3.00. The number of halogens is 1. The standard InChI is InChI=1S/C13H18N2.BrH/c1-2-15-11-7-3-5-9(11)13(14)10-6-4-8-12(10)15;/h14H,2-8H2,1H3;1H/p-1. The summed E-state index contributed by atoms with van der Waals surface area (Å²) in [5, 5.41) is 9.16. The zero-order chi connectivity index (χ0) is 10.4. The second kappa shape index (κ2) is 4.36. The van der Waals surface area contributed by atoms with Crippen LogP contribution in [0.2, 0.25) is 0 Å². The van der Waals surface area contributed by atoms with E-state index < -0.39 is 0 Å². The first-order valence-electron chi connectivity index (χ1n) is 6.13. The van der Waals surface area contributed by atoms with E-state index in [4.69, 9.17) is 5.41 Å². The molecule has 0 radical (unpaired) electrons. The van der Waals surface area contributed by atoms with E-state index in [2.05, 4.69) is 11.5 Å². The van der Waals surface area contributed by atoms with Crippen molar-refractivity contribution >= 4 is 0 Å². The molecule has 16 heavy (non-hydrogen) atoms. The van der Waals surface area contributed by atoms with Gasteiger partial charge in [0.05, 0.1) is 5.36 Å². The molecule has 1 heterocycles. The molecule has 0 bridgehead atoms. The molecule has 0 aliphatic heterocycles. The molecule has 2 nitrogen and oxygen atoms in total. The SMILES string of the molecule is CCn1c2c(c(=N)c3c1CCC3)CCC2.[Br-]. The molecule has 88 valence electrons. The van der Waals surface area contributed by atoms with Crippen LogP contribution in [0.4, 0.5) is 0 Å². The lowest BCUT2D eigenvalue weighted by atomic mass is 10.1. The van der Waals surface area contributed by atoms with Gasteiger partial charge in [-0.05, 0) is 56.6 Å². The Morgan fingerprint density at radius 2 is 1.50 bits per heavy atom. The summed E-state index contributed by atoms with van der Waals surface area (Å²) in [5.74, 6) is 0. The van der Waals surface area contributed by atoms with Gasteiger partial charge in [-0.2, -0.15) is 0 Å². The minimum atomic E-state index is 0. The number of hydrogen-bond donors (Lipinski definition) is 1. The van der Waals surface area contributed by atoms with E-state index in [0.29, 0.717) is 0 Å².